The Kier molecular flexibility index (Phi) is 8.54. The third kappa shape index (κ3) is 6.53. The van der Waals surface area contributed by atoms with Crippen LogP contribution in [0, 0.1) is 0 Å². The molecule has 1 heterocycles. The van der Waals surface area contributed by atoms with Crippen molar-refractivity contribution in [2.24, 2.45) is 0 Å². The van der Waals surface area contributed by atoms with Crippen molar-refractivity contribution in [3.63, 3.8) is 0 Å². The molecule has 0 aliphatic carbocycles. The third-order valence-corrected chi connectivity index (χ3v) is 3.53. The van der Waals surface area contributed by atoms with Gasteiger partial charge in [-0.1, -0.05) is 27.2 Å². The van der Waals surface area contributed by atoms with Crippen LogP contribution in [0.1, 0.15) is 45.7 Å². The highest BCUT2D eigenvalue weighted by molar-refractivity contribution is 6.28. The molecule has 5 heteroatoms. The molecule has 0 fully saturated rings. The zero-order valence-electron chi connectivity index (χ0n) is 13.0. The van der Waals surface area contributed by atoms with Gasteiger partial charge in [-0.2, -0.15) is 0 Å². The van der Waals surface area contributed by atoms with Crippen LogP contribution in [0.3, 0.4) is 0 Å². The first kappa shape index (κ1) is 17.2. The van der Waals surface area contributed by atoms with Crippen molar-refractivity contribution < 1.29 is 0 Å². The molecule has 0 spiro atoms. The summed E-state index contributed by atoms with van der Waals surface area (Å²) in [5.41, 5.74) is 1.01. The molecule has 0 saturated carbocycles. The molecule has 114 valence electrons. The van der Waals surface area contributed by atoms with E-state index in [1.807, 2.05) is 6.07 Å². The Bertz CT molecular complexity index is 380. The molecular weight excluding hydrogens is 272 g/mol. The molecule has 1 N–H and O–H groups in total. The topological polar surface area (TPSA) is 41.0 Å². The van der Waals surface area contributed by atoms with E-state index in [4.69, 9.17) is 11.6 Å². The number of hydrogen-bond donors (Lipinski definition) is 1. The number of rotatable bonds is 10. The maximum atomic E-state index is 5.94. The Labute approximate surface area is 127 Å². The zero-order chi connectivity index (χ0) is 14.8. The first-order valence-electron chi connectivity index (χ1n) is 7.69. The SMILES string of the molecule is CCCc1cc(NCCCCN(CC)CC)nc(Cl)n1. The van der Waals surface area contributed by atoms with E-state index in [0.29, 0.717) is 5.28 Å². The van der Waals surface area contributed by atoms with Gasteiger partial charge in [-0.15, -0.1) is 0 Å². The minimum atomic E-state index is 0.335. The largest absolute Gasteiger partial charge is 0.370 e. The molecule has 1 aromatic rings. The van der Waals surface area contributed by atoms with Crippen molar-refractivity contribution in [2.45, 2.75) is 46.5 Å². The van der Waals surface area contributed by atoms with Gasteiger partial charge in [0.25, 0.3) is 0 Å². The lowest BCUT2D eigenvalue weighted by Gasteiger charge is -2.17. The summed E-state index contributed by atoms with van der Waals surface area (Å²) in [7, 11) is 0. The Morgan fingerprint density at radius 2 is 1.90 bits per heavy atom. The first-order valence-corrected chi connectivity index (χ1v) is 8.07. The maximum Gasteiger partial charge on any atom is 0.224 e. The summed E-state index contributed by atoms with van der Waals surface area (Å²) in [6.45, 7) is 10.9. The zero-order valence-corrected chi connectivity index (χ0v) is 13.7. The number of nitrogens with one attached hydrogen (secondary N) is 1. The van der Waals surface area contributed by atoms with Crippen molar-refractivity contribution in [1.29, 1.82) is 0 Å². The fourth-order valence-corrected chi connectivity index (χ4v) is 2.36. The van der Waals surface area contributed by atoms with Crippen LogP contribution in [-0.2, 0) is 6.42 Å². The molecule has 0 saturated heterocycles. The van der Waals surface area contributed by atoms with Gasteiger partial charge in [0.2, 0.25) is 5.28 Å². The minimum Gasteiger partial charge on any atom is -0.370 e. The standard InChI is InChI=1S/C15H27ClN4/c1-4-9-13-12-14(19-15(16)18-13)17-10-7-8-11-20(5-2)6-3/h12H,4-11H2,1-3H3,(H,17,18,19). The fourth-order valence-electron chi connectivity index (χ4n) is 2.16. The third-order valence-electron chi connectivity index (χ3n) is 3.36. The highest BCUT2D eigenvalue weighted by atomic mass is 35.5. The van der Waals surface area contributed by atoms with E-state index >= 15 is 0 Å². The molecule has 0 aliphatic rings. The van der Waals surface area contributed by atoms with Crippen LogP contribution in [0.15, 0.2) is 6.07 Å². The van der Waals surface area contributed by atoms with Crippen LogP contribution in [0.25, 0.3) is 0 Å². The molecule has 20 heavy (non-hydrogen) atoms. The first-order chi connectivity index (χ1) is 9.69. The van der Waals surface area contributed by atoms with Crippen molar-refractivity contribution in [3.05, 3.63) is 17.0 Å². The predicted molar refractivity (Wildman–Crippen MR) is 86.5 cm³/mol. The summed E-state index contributed by atoms with van der Waals surface area (Å²) >= 11 is 5.94. The fraction of sp³-hybridized carbons (Fsp3) is 0.733. The van der Waals surface area contributed by atoms with E-state index in [2.05, 4.69) is 41.0 Å². The van der Waals surface area contributed by atoms with Crippen LogP contribution in [0.2, 0.25) is 5.28 Å². The van der Waals surface area contributed by atoms with Crippen molar-refractivity contribution in [1.82, 2.24) is 14.9 Å². The van der Waals surface area contributed by atoms with Crippen molar-refractivity contribution in [2.75, 3.05) is 31.5 Å². The van der Waals surface area contributed by atoms with Gasteiger partial charge in [-0.05, 0) is 50.5 Å². The molecule has 0 amide bonds. The molecule has 0 bridgehead atoms. The monoisotopic (exact) mass is 298 g/mol. The lowest BCUT2D eigenvalue weighted by molar-refractivity contribution is 0.298. The summed E-state index contributed by atoms with van der Waals surface area (Å²) < 4.78 is 0. The van der Waals surface area contributed by atoms with Crippen LogP contribution in [-0.4, -0.2) is 41.0 Å². The van der Waals surface area contributed by atoms with Gasteiger partial charge in [-0.3, -0.25) is 0 Å². The van der Waals surface area contributed by atoms with Gasteiger partial charge in [0, 0.05) is 18.3 Å². The van der Waals surface area contributed by atoms with E-state index < -0.39 is 0 Å². The summed E-state index contributed by atoms with van der Waals surface area (Å²) in [5.74, 6) is 0.844. The second kappa shape index (κ2) is 9.94. The van der Waals surface area contributed by atoms with Crippen molar-refractivity contribution in [3.8, 4) is 0 Å². The lowest BCUT2D eigenvalue weighted by atomic mass is 10.2. The average Bonchev–Trinajstić information content (AvgIpc) is 2.42. The molecule has 0 aliphatic heterocycles. The number of aromatic nitrogens is 2. The quantitative estimate of drug-likeness (QED) is 0.529. The molecule has 1 rings (SSSR count). The summed E-state index contributed by atoms with van der Waals surface area (Å²) in [6, 6.07) is 2.00. The van der Waals surface area contributed by atoms with Gasteiger partial charge in [0.05, 0.1) is 0 Å². The Morgan fingerprint density at radius 3 is 2.55 bits per heavy atom. The minimum absolute atomic E-state index is 0.335. The molecule has 0 atom stereocenters. The average molecular weight is 299 g/mol. The van der Waals surface area contributed by atoms with Gasteiger partial charge < -0.3 is 10.2 Å². The van der Waals surface area contributed by atoms with Gasteiger partial charge in [-0.25, -0.2) is 9.97 Å². The highest BCUT2D eigenvalue weighted by Crippen LogP contribution is 2.12. The van der Waals surface area contributed by atoms with Crippen LogP contribution in [0.5, 0.6) is 0 Å². The normalized spacial score (nSPS) is 11.1. The predicted octanol–water partition coefficient (Wildman–Crippen LogP) is 3.62. The van der Waals surface area contributed by atoms with E-state index in [1.54, 1.807) is 0 Å². The lowest BCUT2D eigenvalue weighted by Crippen LogP contribution is -2.24. The Morgan fingerprint density at radius 1 is 1.15 bits per heavy atom. The maximum absolute atomic E-state index is 5.94. The molecule has 4 nitrogen and oxygen atoms in total. The van der Waals surface area contributed by atoms with Crippen molar-refractivity contribution >= 4 is 17.4 Å². The molecule has 1 aromatic heterocycles. The summed E-state index contributed by atoms with van der Waals surface area (Å²) in [6.07, 6.45) is 4.35. The second-order valence-corrected chi connectivity index (χ2v) is 5.26. The Hall–Kier alpha value is -0.870. The van der Waals surface area contributed by atoms with Crippen LogP contribution >= 0.6 is 11.6 Å². The summed E-state index contributed by atoms with van der Waals surface area (Å²) in [4.78, 5) is 10.9. The van der Waals surface area contributed by atoms with Gasteiger partial charge >= 0.3 is 0 Å². The number of anilines is 1. The van der Waals surface area contributed by atoms with E-state index in [9.17, 15) is 0 Å². The number of hydrogen-bond acceptors (Lipinski definition) is 4. The smallest absolute Gasteiger partial charge is 0.224 e. The molecule has 0 unspecified atom stereocenters. The Balaban J connectivity index is 2.31. The highest BCUT2D eigenvalue weighted by Gasteiger charge is 2.02. The number of aryl methyl sites for hydroxylation is 1. The number of nitrogens with zero attached hydrogens (tertiary/aromatic N) is 3. The molecule has 0 radical (unpaired) electrons. The van der Waals surface area contributed by atoms with E-state index in [1.165, 1.54) is 13.0 Å². The number of halogens is 1. The molecule has 0 aromatic carbocycles. The van der Waals surface area contributed by atoms with Gasteiger partial charge in [0.15, 0.2) is 0 Å². The van der Waals surface area contributed by atoms with E-state index in [0.717, 1.165) is 50.4 Å². The van der Waals surface area contributed by atoms with Crippen LogP contribution in [0.4, 0.5) is 5.82 Å². The molecular formula is C15H27ClN4. The second-order valence-electron chi connectivity index (χ2n) is 4.92. The number of unbranched alkanes of at least 4 members (excludes halogenated alkanes) is 1. The van der Waals surface area contributed by atoms with Gasteiger partial charge in [0.1, 0.15) is 5.82 Å². The van der Waals surface area contributed by atoms with E-state index in [-0.39, 0.29) is 0 Å². The summed E-state index contributed by atoms with van der Waals surface area (Å²) in [5, 5.41) is 3.67. The van der Waals surface area contributed by atoms with Crippen LogP contribution < -0.4 is 5.32 Å².